The summed E-state index contributed by atoms with van der Waals surface area (Å²) in [5.74, 6) is -0.161. The molecule has 0 saturated carbocycles. The Morgan fingerprint density at radius 3 is 2.55 bits per heavy atom. The van der Waals surface area contributed by atoms with Crippen LogP contribution >= 0.6 is 0 Å². The zero-order valence-corrected chi connectivity index (χ0v) is 12.4. The van der Waals surface area contributed by atoms with Gasteiger partial charge in [-0.05, 0) is 31.9 Å². The zero-order chi connectivity index (χ0) is 15.0. The minimum atomic E-state index is -3.56. The lowest BCUT2D eigenvalue weighted by atomic mass is 10.2. The fourth-order valence-electron chi connectivity index (χ4n) is 1.76. The summed E-state index contributed by atoms with van der Waals surface area (Å²) in [5.41, 5.74) is 0.385. The Bertz CT molecular complexity index is 540. The number of hydrogen-bond donors (Lipinski definition) is 2. The molecule has 5 nitrogen and oxygen atoms in total. The molecule has 0 unspecified atom stereocenters. The molecule has 1 rings (SSSR count). The normalized spacial score (nSPS) is 11.5. The summed E-state index contributed by atoms with van der Waals surface area (Å²) < 4.78 is 26.6. The molecule has 1 aromatic carbocycles. The van der Waals surface area contributed by atoms with E-state index in [1.807, 2.05) is 0 Å². The fraction of sp³-hybridized carbons (Fsp3) is 0.500. The van der Waals surface area contributed by atoms with E-state index in [2.05, 4.69) is 4.72 Å². The number of sulfonamides is 1. The van der Waals surface area contributed by atoms with E-state index < -0.39 is 10.0 Å². The standard InChI is InChI=1S/C14H21NO4S/c1-12(17)13-7-6-8-14(11-13)20(18,19)15-9-4-2-3-5-10-16/h6-8,11,15-16H,2-5,9-10H2,1H3. The molecular formula is C14H21NO4S. The number of benzene rings is 1. The van der Waals surface area contributed by atoms with Gasteiger partial charge in [-0.1, -0.05) is 25.0 Å². The van der Waals surface area contributed by atoms with E-state index >= 15 is 0 Å². The van der Waals surface area contributed by atoms with Crippen molar-refractivity contribution in [2.24, 2.45) is 0 Å². The molecule has 6 heteroatoms. The van der Waals surface area contributed by atoms with Crippen LogP contribution in [0.3, 0.4) is 0 Å². The number of carbonyl (C=O) groups excluding carboxylic acids is 1. The van der Waals surface area contributed by atoms with Crippen LogP contribution in [0.5, 0.6) is 0 Å². The molecule has 0 heterocycles. The second-order valence-corrected chi connectivity index (χ2v) is 6.39. The van der Waals surface area contributed by atoms with Crippen LogP contribution in [0.4, 0.5) is 0 Å². The van der Waals surface area contributed by atoms with Crippen molar-refractivity contribution in [3.63, 3.8) is 0 Å². The Labute approximate surface area is 120 Å². The second-order valence-electron chi connectivity index (χ2n) is 4.62. The van der Waals surface area contributed by atoms with Gasteiger partial charge in [0.2, 0.25) is 10.0 Å². The van der Waals surface area contributed by atoms with Crippen molar-refractivity contribution in [1.82, 2.24) is 4.72 Å². The number of aliphatic hydroxyl groups is 1. The third-order valence-corrected chi connectivity index (χ3v) is 4.39. The molecule has 112 valence electrons. The van der Waals surface area contributed by atoms with Crippen LogP contribution in [0, 0.1) is 0 Å². The highest BCUT2D eigenvalue weighted by Crippen LogP contribution is 2.12. The second kappa shape index (κ2) is 8.14. The van der Waals surface area contributed by atoms with Gasteiger partial charge in [-0.25, -0.2) is 13.1 Å². The van der Waals surface area contributed by atoms with Crippen LogP contribution in [-0.4, -0.2) is 32.5 Å². The number of aliphatic hydroxyl groups excluding tert-OH is 1. The molecule has 0 fully saturated rings. The number of ketones is 1. The Balaban J connectivity index is 2.56. The predicted octanol–water partition coefficient (Wildman–Crippen LogP) is 1.72. The van der Waals surface area contributed by atoms with Gasteiger partial charge >= 0.3 is 0 Å². The molecular weight excluding hydrogens is 278 g/mol. The number of unbranched alkanes of at least 4 members (excludes halogenated alkanes) is 3. The summed E-state index contributed by atoms with van der Waals surface area (Å²) in [7, 11) is -3.56. The Kier molecular flexibility index (Phi) is 6.84. The van der Waals surface area contributed by atoms with Gasteiger partial charge in [0.25, 0.3) is 0 Å². The number of Topliss-reactive ketones (excluding diaryl/α,β-unsaturated/α-hetero) is 1. The van der Waals surface area contributed by atoms with Gasteiger partial charge in [0.15, 0.2) is 5.78 Å². The number of carbonyl (C=O) groups is 1. The van der Waals surface area contributed by atoms with E-state index in [9.17, 15) is 13.2 Å². The van der Waals surface area contributed by atoms with Crippen LogP contribution in [0.15, 0.2) is 29.2 Å². The Hall–Kier alpha value is -1.24. The first-order chi connectivity index (χ1) is 9.47. The molecule has 0 aromatic heterocycles. The van der Waals surface area contributed by atoms with E-state index in [1.165, 1.54) is 19.1 Å². The Morgan fingerprint density at radius 2 is 1.90 bits per heavy atom. The quantitative estimate of drug-likeness (QED) is 0.537. The van der Waals surface area contributed by atoms with Crippen molar-refractivity contribution < 1.29 is 18.3 Å². The maximum absolute atomic E-state index is 12.0. The highest BCUT2D eigenvalue weighted by Gasteiger charge is 2.14. The lowest BCUT2D eigenvalue weighted by Gasteiger charge is -2.07. The molecule has 20 heavy (non-hydrogen) atoms. The van der Waals surface area contributed by atoms with Crippen molar-refractivity contribution in [3.05, 3.63) is 29.8 Å². The van der Waals surface area contributed by atoms with Crippen LogP contribution in [-0.2, 0) is 10.0 Å². The summed E-state index contributed by atoms with van der Waals surface area (Å²) in [5, 5.41) is 8.63. The summed E-state index contributed by atoms with van der Waals surface area (Å²) in [6, 6.07) is 6.01. The van der Waals surface area contributed by atoms with Gasteiger partial charge in [-0.3, -0.25) is 4.79 Å². The largest absolute Gasteiger partial charge is 0.396 e. The highest BCUT2D eigenvalue weighted by atomic mass is 32.2. The lowest BCUT2D eigenvalue weighted by Crippen LogP contribution is -2.25. The van der Waals surface area contributed by atoms with Gasteiger partial charge in [0, 0.05) is 18.7 Å². The molecule has 0 spiro atoms. The average molecular weight is 299 g/mol. The Morgan fingerprint density at radius 1 is 1.20 bits per heavy atom. The monoisotopic (exact) mass is 299 g/mol. The van der Waals surface area contributed by atoms with Crippen molar-refractivity contribution in [3.8, 4) is 0 Å². The zero-order valence-electron chi connectivity index (χ0n) is 11.6. The van der Waals surface area contributed by atoms with Crippen LogP contribution in [0.1, 0.15) is 43.0 Å². The maximum atomic E-state index is 12.0. The summed E-state index contributed by atoms with van der Waals surface area (Å²) >= 11 is 0. The number of nitrogens with one attached hydrogen (secondary N) is 1. The van der Waals surface area contributed by atoms with Crippen molar-refractivity contribution >= 4 is 15.8 Å². The van der Waals surface area contributed by atoms with Crippen LogP contribution in [0.2, 0.25) is 0 Å². The molecule has 0 bridgehead atoms. The van der Waals surface area contributed by atoms with Crippen molar-refractivity contribution in [2.75, 3.05) is 13.2 Å². The summed E-state index contributed by atoms with van der Waals surface area (Å²) in [6.07, 6.45) is 3.23. The van der Waals surface area contributed by atoms with E-state index in [-0.39, 0.29) is 17.3 Å². The van der Waals surface area contributed by atoms with E-state index in [1.54, 1.807) is 12.1 Å². The summed E-state index contributed by atoms with van der Waals surface area (Å²) in [6.45, 7) is 1.93. The topological polar surface area (TPSA) is 83.5 Å². The average Bonchev–Trinajstić information content (AvgIpc) is 2.43. The lowest BCUT2D eigenvalue weighted by molar-refractivity contribution is 0.101. The van der Waals surface area contributed by atoms with Gasteiger partial charge in [-0.2, -0.15) is 0 Å². The van der Waals surface area contributed by atoms with Gasteiger partial charge in [0.1, 0.15) is 0 Å². The van der Waals surface area contributed by atoms with Gasteiger partial charge in [0.05, 0.1) is 4.90 Å². The molecule has 0 saturated heterocycles. The van der Waals surface area contributed by atoms with Crippen LogP contribution in [0.25, 0.3) is 0 Å². The predicted molar refractivity (Wildman–Crippen MR) is 77.2 cm³/mol. The highest BCUT2D eigenvalue weighted by molar-refractivity contribution is 7.89. The van der Waals surface area contributed by atoms with E-state index in [0.29, 0.717) is 12.1 Å². The molecule has 0 aliphatic rings. The molecule has 1 aromatic rings. The molecule has 0 atom stereocenters. The molecule has 0 aliphatic carbocycles. The third kappa shape index (κ3) is 5.40. The van der Waals surface area contributed by atoms with Gasteiger partial charge in [-0.15, -0.1) is 0 Å². The minimum Gasteiger partial charge on any atom is -0.396 e. The first-order valence-electron chi connectivity index (χ1n) is 6.69. The maximum Gasteiger partial charge on any atom is 0.240 e. The molecule has 0 amide bonds. The third-order valence-electron chi connectivity index (χ3n) is 2.93. The first kappa shape index (κ1) is 16.8. The molecule has 0 aliphatic heterocycles. The summed E-state index contributed by atoms with van der Waals surface area (Å²) in [4.78, 5) is 11.4. The first-order valence-corrected chi connectivity index (χ1v) is 8.17. The minimum absolute atomic E-state index is 0.112. The molecule has 0 radical (unpaired) electrons. The van der Waals surface area contributed by atoms with E-state index in [4.69, 9.17) is 5.11 Å². The molecule has 2 N–H and O–H groups in total. The van der Waals surface area contributed by atoms with Crippen molar-refractivity contribution in [1.29, 1.82) is 0 Å². The van der Waals surface area contributed by atoms with Gasteiger partial charge < -0.3 is 5.11 Å². The fourth-order valence-corrected chi connectivity index (χ4v) is 2.88. The van der Waals surface area contributed by atoms with E-state index in [0.717, 1.165) is 25.7 Å². The number of hydrogen-bond acceptors (Lipinski definition) is 4. The number of rotatable bonds is 9. The smallest absolute Gasteiger partial charge is 0.240 e. The SMILES string of the molecule is CC(=O)c1cccc(S(=O)(=O)NCCCCCCO)c1. The van der Waals surface area contributed by atoms with Crippen molar-refractivity contribution in [2.45, 2.75) is 37.5 Å². The van der Waals surface area contributed by atoms with Crippen LogP contribution < -0.4 is 4.72 Å².